The molecule has 8 nitrogen and oxygen atoms in total. The Kier molecular flexibility index (Phi) is 6.88. The first-order valence-corrected chi connectivity index (χ1v) is 12.7. The summed E-state index contributed by atoms with van der Waals surface area (Å²) in [6.45, 7) is 7.73. The van der Waals surface area contributed by atoms with Crippen molar-refractivity contribution in [2.45, 2.75) is 65.0 Å². The van der Waals surface area contributed by atoms with Gasteiger partial charge in [-0.3, -0.25) is 19.2 Å². The maximum Gasteiger partial charge on any atom is 0.325 e. The minimum absolute atomic E-state index is 0.0263. The number of piperidine rings is 1. The maximum absolute atomic E-state index is 13.5. The number of hydrogen-bond donors (Lipinski definition) is 1. The summed E-state index contributed by atoms with van der Waals surface area (Å²) < 4.78 is 1.74. The van der Waals surface area contributed by atoms with E-state index in [-0.39, 0.29) is 30.3 Å². The van der Waals surface area contributed by atoms with Crippen molar-refractivity contribution in [3.8, 4) is 0 Å². The van der Waals surface area contributed by atoms with Crippen LogP contribution in [0, 0.1) is 19.8 Å². The molecule has 178 valence electrons. The average molecular weight is 472 g/mol. The second kappa shape index (κ2) is 9.67. The van der Waals surface area contributed by atoms with Gasteiger partial charge in [0.2, 0.25) is 5.91 Å². The van der Waals surface area contributed by atoms with Crippen molar-refractivity contribution < 1.29 is 14.4 Å². The topological polar surface area (TPSA) is 87.5 Å². The van der Waals surface area contributed by atoms with Gasteiger partial charge in [-0.1, -0.05) is 19.4 Å². The third kappa shape index (κ3) is 4.69. The second-order valence-electron chi connectivity index (χ2n) is 9.18. The molecule has 0 spiro atoms. The number of hydrogen-bond acceptors (Lipinski definition) is 5. The summed E-state index contributed by atoms with van der Waals surface area (Å²) in [5.41, 5.74) is 1.02. The van der Waals surface area contributed by atoms with Gasteiger partial charge in [-0.05, 0) is 63.0 Å². The van der Waals surface area contributed by atoms with E-state index in [4.69, 9.17) is 0 Å². The molecule has 0 radical (unpaired) electrons. The number of urea groups is 1. The number of nitrogens with zero attached hydrogens (tertiary/aromatic N) is 4. The van der Waals surface area contributed by atoms with Crippen LogP contribution in [0.5, 0.6) is 0 Å². The Labute approximate surface area is 198 Å². The molecular formula is C24H33N5O3S. The predicted octanol–water partition coefficient (Wildman–Crippen LogP) is 3.13. The minimum atomic E-state index is -0.855. The van der Waals surface area contributed by atoms with Gasteiger partial charge in [-0.15, -0.1) is 11.3 Å². The normalized spacial score (nSPS) is 21.7. The lowest BCUT2D eigenvalue weighted by Crippen LogP contribution is -2.56. The molecule has 0 aliphatic carbocycles. The molecule has 0 aromatic carbocycles. The standard InChI is InChI=1S/C24H33N5O3S/c1-4-10-24(22(31)28(23(32)25-24)13-9-20-6-5-14-33-20)19-7-11-27(12-8-19)21(30)16-29-18(3)15-17(2)26-29/h5-6,14-15,19H,4,7-13,16H2,1-3H3,(H,25,32)/t24-/m0/s1. The number of carbonyl (C=O) groups excluding carboxylic acids is 3. The third-order valence-corrected chi connectivity index (χ3v) is 7.88. The van der Waals surface area contributed by atoms with Crippen LogP contribution in [-0.2, 0) is 22.6 Å². The van der Waals surface area contributed by atoms with Crippen LogP contribution in [0.2, 0.25) is 0 Å². The molecule has 1 N–H and O–H groups in total. The van der Waals surface area contributed by atoms with Crippen LogP contribution >= 0.6 is 11.3 Å². The highest BCUT2D eigenvalue weighted by molar-refractivity contribution is 7.09. The third-order valence-electron chi connectivity index (χ3n) is 6.94. The number of nitrogens with one attached hydrogen (secondary N) is 1. The SMILES string of the molecule is CCC[C@@]1(C2CCN(C(=O)Cn3nc(C)cc3C)CC2)NC(=O)N(CCc2cccs2)C1=O. The zero-order chi connectivity index (χ0) is 23.6. The number of carbonyl (C=O) groups is 3. The Morgan fingerprint density at radius 1 is 1.27 bits per heavy atom. The largest absolute Gasteiger partial charge is 0.341 e. The minimum Gasteiger partial charge on any atom is -0.341 e. The second-order valence-corrected chi connectivity index (χ2v) is 10.2. The monoisotopic (exact) mass is 471 g/mol. The van der Waals surface area contributed by atoms with Crippen molar-refractivity contribution in [2.24, 2.45) is 5.92 Å². The molecule has 2 saturated heterocycles. The zero-order valence-electron chi connectivity index (χ0n) is 19.7. The van der Waals surface area contributed by atoms with E-state index in [1.807, 2.05) is 49.3 Å². The number of imide groups is 1. The van der Waals surface area contributed by atoms with Gasteiger partial charge in [-0.25, -0.2) is 4.79 Å². The van der Waals surface area contributed by atoms with E-state index in [0.717, 1.165) is 22.7 Å². The summed E-state index contributed by atoms with van der Waals surface area (Å²) in [6.07, 6.45) is 3.51. The zero-order valence-corrected chi connectivity index (χ0v) is 20.5. The van der Waals surface area contributed by atoms with Gasteiger partial charge in [0, 0.05) is 30.2 Å². The highest BCUT2D eigenvalue weighted by Gasteiger charge is 2.55. The Bertz CT molecular complexity index is 1010. The average Bonchev–Trinajstić information content (AvgIpc) is 3.47. The van der Waals surface area contributed by atoms with Gasteiger partial charge in [0.25, 0.3) is 5.91 Å². The summed E-state index contributed by atoms with van der Waals surface area (Å²) in [4.78, 5) is 43.6. The summed E-state index contributed by atoms with van der Waals surface area (Å²) in [5.74, 6) is -0.0276. The van der Waals surface area contributed by atoms with Crippen LogP contribution in [0.25, 0.3) is 0 Å². The maximum atomic E-state index is 13.5. The Hall–Kier alpha value is -2.68. The fourth-order valence-corrected chi connectivity index (χ4v) is 5.95. The first-order chi connectivity index (χ1) is 15.8. The van der Waals surface area contributed by atoms with Gasteiger partial charge in [0.1, 0.15) is 12.1 Å². The molecule has 4 rings (SSSR count). The number of aryl methyl sites for hydroxylation is 2. The molecule has 2 aromatic heterocycles. The highest BCUT2D eigenvalue weighted by Crippen LogP contribution is 2.37. The van der Waals surface area contributed by atoms with Crippen molar-refractivity contribution in [1.29, 1.82) is 0 Å². The van der Waals surface area contributed by atoms with Gasteiger partial charge < -0.3 is 10.2 Å². The molecule has 0 unspecified atom stereocenters. The van der Waals surface area contributed by atoms with Gasteiger partial charge in [0.05, 0.1) is 5.69 Å². The molecule has 2 aliphatic heterocycles. The van der Waals surface area contributed by atoms with E-state index in [0.29, 0.717) is 45.3 Å². The molecule has 2 fully saturated rings. The van der Waals surface area contributed by atoms with Crippen LogP contribution in [0.3, 0.4) is 0 Å². The predicted molar refractivity (Wildman–Crippen MR) is 127 cm³/mol. The summed E-state index contributed by atoms with van der Waals surface area (Å²) in [6, 6.07) is 5.69. The molecule has 9 heteroatoms. The number of aromatic nitrogens is 2. The van der Waals surface area contributed by atoms with Crippen molar-refractivity contribution in [3.63, 3.8) is 0 Å². The molecule has 4 amide bonds. The molecule has 2 aromatic rings. The van der Waals surface area contributed by atoms with Gasteiger partial charge in [0.15, 0.2) is 0 Å². The van der Waals surface area contributed by atoms with Gasteiger partial charge >= 0.3 is 6.03 Å². The lowest BCUT2D eigenvalue weighted by atomic mass is 9.74. The first-order valence-electron chi connectivity index (χ1n) is 11.8. The van der Waals surface area contributed by atoms with E-state index in [2.05, 4.69) is 10.4 Å². The van der Waals surface area contributed by atoms with E-state index in [1.165, 1.54) is 4.90 Å². The Balaban J connectivity index is 1.40. The molecule has 1 atom stereocenters. The fraction of sp³-hybridized carbons (Fsp3) is 0.583. The lowest BCUT2D eigenvalue weighted by Gasteiger charge is -2.41. The summed E-state index contributed by atoms with van der Waals surface area (Å²) in [5, 5.41) is 9.48. The smallest absolute Gasteiger partial charge is 0.325 e. The molecule has 0 bridgehead atoms. The van der Waals surface area contributed by atoms with Crippen LogP contribution in [0.1, 0.15) is 48.9 Å². The number of amides is 4. The lowest BCUT2D eigenvalue weighted by molar-refractivity contribution is -0.136. The van der Waals surface area contributed by atoms with Crippen molar-refractivity contribution in [1.82, 2.24) is 24.9 Å². The van der Waals surface area contributed by atoms with E-state index >= 15 is 0 Å². The molecular weight excluding hydrogens is 438 g/mol. The van der Waals surface area contributed by atoms with E-state index in [9.17, 15) is 14.4 Å². The molecule has 2 aliphatic rings. The first kappa shape index (κ1) is 23.5. The van der Waals surface area contributed by atoms with Gasteiger partial charge in [-0.2, -0.15) is 5.10 Å². The van der Waals surface area contributed by atoms with Crippen molar-refractivity contribution in [2.75, 3.05) is 19.6 Å². The number of thiophene rings is 1. The Morgan fingerprint density at radius 2 is 2.03 bits per heavy atom. The Morgan fingerprint density at radius 3 is 2.64 bits per heavy atom. The van der Waals surface area contributed by atoms with Crippen LogP contribution in [0.4, 0.5) is 4.79 Å². The number of rotatable bonds is 8. The quantitative estimate of drug-likeness (QED) is 0.599. The molecule has 33 heavy (non-hydrogen) atoms. The van der Waals surface area contributed by atoms with Crippen molar-refractivity contribution in [3.05, 3.63) is 39.8 Å². The van der Waals surface area contributed by atoms with E-state index < -0.39 is 5.54 Å². The highest BCUT2D eigenvalue weighted by atomic mass is 32.1. The van der Waals surface area contributed by atoms with Crippen molar-refractivity contribution >= 4 is 29.2 Å². The van der Waals surface area contributed by atoms with Crippen LogP contribution in [0.15, 0.2) is 23.6 Å². The van der Waals surface area contributed by atoms with Crippen LogP contribution < -0.4 is 5.32 Å². The van der Waals surface area contributed by atoms with E-state index in [1.54, 1.807) is 16.0 Å². The molecule has 4 heterocycles. The summed E-state index contributed by atoms with van der Waals surface area (Å²) in [7, 11) is 0. The number of likely N-dealkylation sites (tertiary alicyclic amines) is 1. The summed E-state index contributed by atoms with van der Waals surface area (Å²) >= 11 is 1.64. The van der Waals surface area contributed by atoms with Crippen LogP contribution in [-0.4, -0.2) is 62.6 Å². The molecule has 0 saturated carbocycles. The fourth-order valence-electron chi connectivity index (χ4n) is 5.25.